The molecule has 1 aromatic heterocycles. The molecule has 1 unspecified atom stereocenters. The van der Waals surface area contributed by atoms with Crippen molar-refractivity contribution in [1.82, 2.24) is 15.6 Å². The van der Waals surface area contributed by atoms with Crippen molar-refractivity contribution >= 4 is 29.1 Å². The fourth-order valence-electron chi connectivity index (χ4n) is 2.13. The third-order valence-electron chi connectivity index (χ3n) is 3.43. The highest BCUT2D eigenvalue weighted by molar-refractivity contribution is 7.99. The molecule has 2 heterocycles. The molecule has 1 saturated heterocycles. The maximum absolute atomic E-state index is 12.5. The number of halogens is 3. The first-order valence-electron chi connectivity index (χ1n) is 7.66. The fraction of sp³-hybridized carbons (Fsp3) is 0.714. The number of guanidine groups is 1. The Balaban J connectivity index is 1.83. The minimum atomic E-state index is -4.40. The van der Waals surface area contributed by atoms with Crippen molar-refractivity contribution in [3.63, 3.8) is 0 Å². The van der Waals surface area contributed by atoms with Crippen LogP contribution in [0.5, 0.6) is 0 Å². The van der Waals surface area contributed by atoms with Crippen molar-refractivity contribution in [2.45, 2.75) is 31.5 Å². The van der Waals surface area contributed by atoms with Crippen LogP contribution in [0, 0.1) is 0 Å². The summed E-state index contributed by atoms with van der Waals surface area (Å²) in [6.07, 6.45) is -3.29. The molecule has 0 bridgehead atoms. The van der Waals surface area contributed by atoms with Crippen LogP contribution in [0.25, 0.3) is 0 Å². The van der Waals surface area contributed by atoms with Crippen molar-refractivity contribution < 1.29 is 18.3 Å². The number of thioether (sulfide) groups is 1. The normalized spacial score (nSPS) is 22.0. The van der Waals surface area contributed by atoms with Gasteiger partial charge in [0.2, 0.25) is 0 Å². The Labute approximate surface area is 147 Å². The van der Waals surface area contributed by atoms with Gasteiger partial charge in [-0.25, -0.2) is 4.98 Å². The van der Waals surface area contributed by atoms with Gasteiger partial charge in [-0.2, -0.15) is 24.9 Å². The lowest BCUT2D eigenvalue weighted by Crippen LogP contribution is -2.40. The summed E-state index contributed by atoms with van der Waals surface area (Å²) in [6.45, 7) is 3.32. The van der Waals surface area contributed by atoms with Crippen LogP contribution < -0.4 is 10.6 Å². The minimum Gasteiger partial charge on any atom is -0.387 e. The maximum Gasteiger partial charge on any atom is 0.434 e. The van der Waals surface area contributed by atoms with E-state index in [1.165, 1.54) is 0 Å². The summed E-state index contributed by atoms with van der Waals surface area (Å²) in [7, 11) is 0. The van der Waals surface area contributed by atoms with Crippen LogP contribution in [-0.2, 0) is 12.6 Å². The summed E-state index contributed by atoms with van der Waals surface area (Å²) in [4.78, 5) is 7.97. The maximum atomic E-state index is 12.5. The SMILES string of the molecule is CCNC(=NCC1(O)CCSC1)NCCc1nc(C(F)(F)F)cs1. The molecule has 0 radical (unpaired) electrons. The van der Waals surface area contributed by atoms with E-state index in [9.17, 15) is 18.3 Å². The summed E-state index contributed by atoms with van der Waals surface area (Å²) >= 11 is 2.71. The molecule has 1 atom stereocenters. The Morgan fingerprint density at radius 2 is 2.25 bits per heavy atom. The van der Waals surface area contributed by atoms with E-state index in [-0.39, 0.29) is 0 Å². The van der Waals surface area contributed by atoms with Gasteiger partial charge in [-0.15, -0.1) is 11.3 Å². The highest BCUT2D eigenvalue weighted by Crippen LogP contribution is 2.30. The molecule has 1 aliphatic heterocycles. The lowest BCUT2D eigenvalue weighted by molar-refractivity contribution is -0.140. The van der Waals surface area contributed by atoms with Crippen LogP contribution in [0.15, 0.2) is 10.4 Å². The van der Waals surface area contributed by atoms with Crippen LogP contribution in [0.4, 0.5) is 13.2 Å². The molecule has 136 valence electrons. The number of thiazole rings is 1. The summed E-state index contributed by atoms with van der Waals surface area (Å²) < 4.78 is 37.5. The molecule has 0 amide bonds. The van der Waals surface area contributed by atoms with E-state index >= 15 is 0 Å². The van der Waals surface area contributed by atoms with Gasteiger partial charge in [0.25, 0.3) is 0 Å². The number of hydrogen-bond acceptors (Lipinski definition) is 5. The highest BCUT2D eigenvalue weighted by Gasteiger charge is 2.33. The average Bonchev–Trinajstić information content (AvgIpc) is 3.14. The summed E-state index contributed by atoms with van der Waals surface area (Å²) in [6, 6.07) is 0. The molecule has 1 aromatic rings. The Bertz CT molecular complexity index is 556. The first-order valence-corrected chi connectivity index (χ1v) is 9.70. The van der Waals surface area contributed by atoms with E-state index in [0.29, 0.717) is 42.8 Å². The van der Waals surface area contributed by atoms with Crippen LogP contribution in [0.1, 0.15) is 24.0 Å². The van der Waals surface area contributed by atoms with Gasteiger partial charge in [-0.1, -0.05) is 0 Å². The zero-order valence-corrected chi connectivity index (χ0v) is 15.0. The molecule has 10 heteroatoms. The second kappa shape index (κ2) is 8.39. The topological polar surface area (TPSA) is 69.5 Å². The Morgan fingerprint density at radius 1 is 1.46 bits per heavy atom. The molecule has 5 nitrogen and oxygen atoms in total. The lowest BCUT2D eigenvalue weighted by atomic mass is 10.1. The van der Waals surface area contributed by atoms with Crippen LogP contribution >= 0.6 is 23.1 Å². The number of aliphatic imine (C=N–C) groups is 1. The van der Waals surface area contributed by atoms with Crippen molar-refractivity contribution in [3.05, 3.63) is 16.1 Å². The molecule has 3 N–H and O–H groups in total. The first kappa shape index (κ1) is 19.3. The number of nitrogens with one attached hydrogen (secondary N) is 2. The third kappa shape index (κ3) is 5.82. The molecule has 0 aliphatic carbocycles. The van der Waals surface area contributed by atoms with Gasteiger partial charge in [-0.3, -0.25) is 4.99 Å². The van der Waals surface area contributed by atoms with Crippen LogP contribution in [0.2, 0.25) is 0 Å². The van der Waals surface area contributed by atoms with E-state index in [2.05, 4.69) is 20.6 Å². The zero-order valence-electron chi connectivity index (χ0n) is 13.3. The van der Waals surface area contributed by atoms with Crippen LogP contribution in [-0.4, -0.2) is 52.8 Å². The van der Waals surface area contributed by atoms with Gasteiger partial charge in [-0.05, 0) is 19.1 Å². The van der Waals surface area contributed by atoms with E-state index in [1.54, 1.807) is 11.8 Å². The van der Waals surface area contributed by atoms with Crippen LogP contribution in [0.3, 0.4) is 0 Å². The zero-order chi connectivity index (χ0) is 17.6. The van der Waals surface area contributed by atoms with Crippen molar-refractivity contribution in [2.24, 2.45) is 4.99 Å². The van der Waals surface area contributed by atoms with Crippen molar-refractivity contribution in [3.8, 4) is 0 Å². The third-order valence-corrected chi connectivity index (χ3v) is 5.57. The van der Waals surface area contributed by atoms with E-state index in [0.717, 1.165) is 28.9 Å². The van der Waals surface area contributed by atoms with Gasteiger partial charge in [0.15, 0.2) is 11.7 Å². The van der Waals surface area contributed by atoms with Gasteiger partial charge < -0.3 is 15.7 Å². The molecular formula is C14H21F3N4OS2. The highest BCUT2D eigenvalue weighted by atomic mass is 32.2. The lowest BCUT2D eigenvalue weighted by Gasteiger charge is -2.19. The number of alkyl halides is 3. The monoisotopic (exact) mass is 382 g/mol. The van der Waals surface area contributed by atoms with Gasteiger partial charge in [0.1, 0.15) is 0 Å². The van der Waals surface area contributed by atoms with E-state index in [4.69, 9.17) is 0 Å². The first-order chi connectivity index (χ1) is 11.3. The summed E-state index contributed by atoms with van der Waals surface area (Å²) in [5.74, 6) is 2.16. The minimum absolute atomic E-state index is 0.310. The van der Waals surface area contributed by atoms with Crippen molar-refractivity contribution in [1.29, 1.82) is 0 Å². The molecule has 0 spiro atoms. The predicted molar refractivity (Wildman–Crippen MR) is 91.7 cm³/mol. The fourth-order valence-corrected chi connectivity index (χ4v) is 4.22. The Morgan fingerprint density at radius 3 is 2.83 bits per heavy atom. The molecular weight excluding hydrogens is 361 g/mol. The Kier molecular flexibility index (Phi) is 6.76. The standard InChI is InChI=1S/C14H21F3N4OS2/c1-2-18-12(20-8-13(22)4-6-23-9-13)19-5-3-11-21-10(7-24-11)14(15,16)17/h7,22H,2-6,8-9H2,1H3,(H2,18,19,20). The summed E-state index contributed by atoms with van der Waals surface area (Å²) in [5, 5.41) is 17.9. The molecule has 2 rings (SSSR count). The molecule has 0 aromatic carbocycles. The molecule has 1 fully saturated rings. The van der Waals surface area contributed by atoms with Crippen molar-refractivity contribution in [2.75, 3.05) is 31.1 Å². The molecule has 1 aliphatic rings. The van der Waals surface area contributed by atoms with Gasteiger partial charge >= 0.3 is 6.18 Å². The smallest absolute Gasteiger partial charge is 0.387 e. The number of nitrogens with zero attached hydrogens (tertiary/aromatic N) is 2. The number of hydrogen-bond donors (Lipinski definition) is 3. The Hall–Kier alpha value is -1.00. The predicted octanol–water partition coefficient (Wildman–Crippen LogP) is 2.13. The quantitative estimate of drug-likeness (QED) is 0.519. The number of aromatic nitrogens is 1. The van der Waals surface area contributed by atoms with E-state index < -0.39 is 17.5 Å². The molecule has 24 heavy (non-hydrogen) atoms. The largest absolute Gasteiger partial charge is 0.434 e. The second-order valence-electron chi connectivity index (χ2n) is 5.52. The van der Waals surface area contributed by atoms with E-state index in [1.807, 2.05) is 6.92 Å². The van der Waals surface area contributed by atoms with Gasteiger partial charge in [0, 0.05) is 30.6 Å². The number of rotatable bonds is 6. The number of aliphatic hydroxyl groups is 1. The molecule has 0 saturated carbocycles. The average molecular weight is 382 g/mol. The summed E-state index contributed by atoms with van der Waals surface area (Å²) in [5.41, 5.74) is -1.60. The van der Waals surface area contributed by atoms with Gasteiger partial charge in [0.05, 0.1) is 17.2 Å². The second-order valence-corrected chi connectivity index (χ2v) is 7.57.